The average Bonchev–Trinajstić information content (AvgIpc) is 3.25. The summed E-state index contributed by atoms with van der Waals surface area (Å²) >= 11 is 0. The van der Waals surface area contributed by atoms with Gasteiger partial charge in [-0.2, -0.15) is 12.1 Å². The third-order valence-corrected chi connectivity index (χ3v) is 5.50. The van der Waals surface area contributed by atoms with Crippen LogP contribution in [0.3, 0.4) is 0 Å². The van der Waals surface area contributed by atoms with E-state index in [-0.39, 0.29) is 34.1 Å². The number of benzene rings is 2. The van der Waals surface area contributed by atoms with Gasteiger partial charge in [0.2, 0.25) is 0 Å². The summed E-state index contributed by atoms with van der Waals surface area (Å²) in [5, 5.41) is 6.96. The molecule has 0 amide bonds. The van der Waals surface area contributed by atoms with Crippen molar-refractivity contribution < 1.29 is 26.2 Å². The third kappa shape index (κ3) is 7.46. The van der Waals surface area contributed by atoms with Crippen molar-refractivity contribution in [1.29, 1.82) is 0 Å². The van der Waals surface area contributed by atoms with Crippen LogP contribution in [-0.4, -0.2) is 13.3 Å². The molecule has 0 nitrogen and oxygen atoms in total. The Kier molecular flexibility index (Phi) is 11.2. The minimum Gasteiger partial charge on any atom is -0.165 e. The van der Waals surface area contributed by atoms with E-state index in [9.17, 15) is 0 Å². The van der Waals surface area contributed by atoms with Gasteiger partial charge in [-0.25, -0.2) is 0 Å². The summed E-state index contributed by atoms with van der Waals surface area (Å²) in [6.45, 7) is 12.1. The van der Waals surface area contributed by atoms with E-state index in [1.807, 2.05) is 19.1 Å². The predicted molar refractivity (Wildman–Crippen MR) is 127 cm³/mol. The summed E-state index contributed by atoms with van der Waals surface area (Å²) in [6, 6.07) is 26.0. The summed E-state index contributed by atoms with van der Waals surface area (Å²) in [5.41, 5.74) is 1.35. The van der Waals surface area contributed by atoms with Crippen molar-refractivity contribution in [3.05, 3.63) is 103 Å². The molecule has 0 heterocycles. The zero-order valence-corrected chi connectivity index (χ0v) is 20.7. The van der Waals surface area contributed by atoms with Crippen molar-refractivity contribution >= 4 is 34.8 Å². The zero-order chi connectivity index (χ0) is 19.6. The number of rotatable bonds is 2. The molecule has 142 valence electrons. The van der Waals surface area contributed by atoms with Crippen molar-refractivity contribution in [2.24, 2.45) is 0 Å². The van der Waals surface area contributed by atoms with Crippen molar-refractivity contribution in [1.82, 2.24) is 0 Å². The molecule has 0 unspecified atom stereocenters. The van der Waals surface area contributed by atoms with E-state index >= 15 is 0 Å². The van der Waals surface area contributed by atoms with Crippen LogP contribution in [0, 0.1) is 6.92 Å². The molecule has 0 bridgehead atoms. The first-order valence-corrected chi connectivity index (χ1v) is 11.5. The van der Waals surface area contributed by atoms with Crippen molar-refractivity contribution in [2.75, 3.05) is 13.3 Å². The molecule has 0 aliphatic carbocycles. The molecule has 0 fully saturated rings. The summed E-state index contributed by atoms with van der Waals surface area (Å²) in [5.74, 6) is 0. The van der Waals surface area contributed by atoms with Crippen LogP contribution in [0.5, 0.6) is 0 Å². The number of aryl methyl sites for hydroxylation is 1. The minimum atomic E-state index is 0. The van der Waals surface area contributed by atoms with Gasteiger partial charge in [0.05, 0.1) is 0 Å². The smallest absolute Gasteiger partial charge is 0.165 e. The van der Waals surface area contributed by atoms with E-state index in [1.165, 1.54) is 32.4 Å². The Balaban J connectivity index is 0.000000224. The first kappa shape index (κ1) is 24.5. The molecule has 4 aromatic rings. The van der Waals surface area contributed by atoms with Crippen LogP contribution in [0.2, 0.25) is 0 Å². The van der Waals surface area contributed by atoms with E-state index < -0.39 is 0 Å². The van der Waals surface area contributed by atoms with Gasteiger partial charge in [0, 0.05) is 0 Å². The molecule has 0 radical (unpaired) electrons. The molecule has 2 heteroatoms. The molecule has 0 aliphatic rings. The average molecular weight is 464 g/mol. The summed E-state index contributed by atoms with van der Waals surface area (Å²) in [4.78, 5) is 0. The Hall–Kier alpha value is -1.55. The van der Waals surface area contributed by atoms with E-state index in [4.69, 9.17) is 0 Å². The van der Waals surface area contributed by atoms with Crippen molar-refractivity contribution in [3.63, 3.8) is 0 Å². The molecule has 0 saturated carbocycles. The monoisotopic (exact) mass is 462 g/mol. The Morgan fingerprint density at radius 1 is 0.857 bits per heavy atom. The van der Waals surface area contributed by atoms with Gasteiger partial charge in [0.15, 0.2) is 0 Å². The van der Waals surface area contributed by atoms with Gasteiger partial charge in [-0.1, -0.05) is 43.9 Å². The molecule has 28 heavy (non-hydrogen) atoms. The maximum absolute atomic E-state index is 3.46. The number of hydrogen-bond acceptors (Lipinski definition) is 0. The fourth-order valence-corrected chi connectivity index (χ4v) is 3.63. The van der Waals surface area contributed by atoms with Gasteiger partial charge in [0.25, 0.3) is 0 Å². The van der Waals surface area contributed by atoms with Crippen LogP contribution in [0.1, 0.15) is 12.5 Å². The van der Waals surface area contributed by atoms with Gasteiger partial charge >= 0.3 is 26.2 Å². The second kappa shape index (κ2) is 12.8. The van der Waals surface area contributed by atoms with E-state index in [2.05, 4.69) is 99.6 Å². The Morgan fingerprint density at radius 3 is 1.82 bits per heavy atom. The molecule has 4 aromatic carbocycles. The first-order valence-electron chi connectivity index (χ1n) is 9.23. The fourth-order valence-electron chi connectivity index (χ4n) is 2.83. The Bertz CT molecular complexity index is 935. The molecule has 4 rings (SSSR count). The summed E-state index contributed by atoms with van der Waals surface area (Å²) in [7, 11) is 0.0576. The molecule has 0 atom stereocenters. The van der Waals surface area contributed by atoms with Crippen LogP contribution >= 0.6 is 7.92 Å². The summed E-state index contributed by atoms with van der Waals surface area (Å²) < 4.78 is 0. The molecule has 0 spiro atoms. The standard InChI is InChI=1S/C11H12P.C10H9.C5H8.Zr/c1-12(2)11-7-9-5-3-4-6-10(9)8-11;1-8-6-9-4-2-3-5-10(9)7-8;1-3-5-4-2;/h3-8H,1-2H3;2-7H,1H3;3-5H,1H2,2H3;/q2*-1;;+2/b;;5-4+;. The van der Waals surface area contributed by atoms with Crippen molar-refractivity contribution in [3.8, 4) is 0 Å². The normalized spacial score (nSPS) is 10.2. The Labute approximate surface area is 190 Å². The first-order chi connectivity index (χ1) is 13.0. The van der Waals surface area contributed by atoms with Gasteiger partial charge in [-0.3, -0.25) is 0 Å². The van der Waals surface area contributed by atoms with Gasteiger partial charge in [-0.05, 0) is 20.3 Å². The van der Waals surface area contributed by atoms with E-state index in [0.717, 1.165) is 0 Å². The topological polar surface area (TPSA) is 0 Å². The third-order valence-electron chi connectivity index (χ3n) is 4.21. The van der Waals surface area contributed by atoms with Gasteiger partial charge in [-0.15, -0.1) is 88.9 Å². The number of fused-ring (bicyclic) bond motifs is 2. The predicted octanol–water partition coefficient (Wildman–Crippen LogP) is 7.54. The molecule has 0 aliphatic heterocycles. The van der Waals surface area contributed by atoms with E-state index in [1.54, 1.807) is 6.08 Å². The van der Waals surface area contributed by atoms with Crippen LogP contribution in [-0.2, 0) is 26.2 Å². The second-order valence-corrected chi connectivity index (χ2v) is 8.97. The molecule has 0 aromatic heterocycles. The van der Waals surface area contributed by atoms with Gasteiger partial charge < -0.3 is 0 Å². The van der Waals surface area contributed by atoms with Crippen LogP contribution in [0.4, 0.5) is 0 Å². The quantitative estimate of drug-likeness (QED) is 0.164. The molecular formula is C26H29PZr. The maximum Gasteiger partial charge on any atom is 2.00 e. The van der Waals surface area contributed by atoms with Crippen LogP contribution in [0.15, 0.2) is 97.6 Å². The Morgan fingerprint density at radius 2 is 1.39 bits per heavy atom. The molecule has 0 saturated heterocycles. The van der Waals surface area contributed by atoms with Crippen LogP contribution in [0.25, 0.3) is 21.5 Å². The minimum absolute atomic E-state index is 0. The second-order valence-electron chi connectivity index (χ2n) is 6.66. The van der Waals surface area contributed by atoms with Gasteiger partial charge in [0.1, 0.15) is 0 Å². The summed E-state index contributed by atoms with van der Waals surface area (Å²) in [6.07, 6.45) is 5.58. The maximum atomic E-state index is 3.46. The largest absolute Gasteiger partial charge is 2.00 e. The number of allylic oxidation sites excluding steroid dienone is 3. The SMILES string of the molecule is C=C/C=C/C.CP(C)c1cc2ccccc2[cH-]1.Cc1cc2ccccc2[cH-]1.[Zr+2]. The fraction of sp³-hybridized carbons (Fsp3) is 0.154. The number of hydrogen-bond donors (Lipinski definition) is 0. The molecule has 0 N–H and O–H groups in total. The van der Waals surface area contributed by atoms with E-state index in [0.29, 0.717) is 0 Å². The zero-order valence-electron chi connectivity index (χ0n) is 17.3. The molecular weight excluding hydrogens is 434 g/mol. The van der Waals surface area contributed by atoms with Crippen molar-refractivity contribution in [2.45, 2.75) is 13.8 Å². The van der Waals surface area contributed by atoms with Crippen LogP contribution < -0.4 is 5.30 Å².